The molecule has 0 aromatic carbocycles. The SMILES string of the molecule is CC1Cc2cc(C=O)sc2C2(CCNCC2)O1. The van der Waals surface area contributed by atoms with E-state index in [0.29, 0.717) is 0 Å². The summed E-state index contributed by atoms with van der Waals surface area (Å²) in [6.07, 6.45) is 4.19. The van der Waals surface area contributed by atoms with E-state index in [1.54, 1.807) is 11.3 Å². The Morgan fingerprint density at radius 1 is 1.53 bits per heavy atom. The topological polar surface area (TPSA) is 38.3 Å². The van der Waals surface area contributed by atoms with E-state index in [0.717, 1.165) is 43.5 Å². The van der Waals surface area contributed by atoms with Gasteiger partial charge in [0.2, 0.25) is 0 Å². The van der Waals surface area contributed by atoms with E-state index in [1.165, 1.54) is 10.4 Å². The van der Waals surface area contributed by atoms with Crippen LogP contribution in [0.5, 0.6) is 0 Å². The van der Waals surface area contributed by atoms with Gasteiger partial charge in [-0.2, -0.15) is 0 Å². The van der Waals surface area contributed by atoms with Gasteiger partial charge in [-0.25, -0.2) is 0 Å². The summed E-state index contributed by atoms with van der Waals surface area (Å²) in [6, 6.07) is 2.05. The molecule has 1 fully saturated rings. The molecular weight excluding hydrogens is 234 g/mol. The Morgan fingerprint density at radius 3 is 3.00 bits per heavy atom. The molecule has 1 unspecified atom stereocenters. The number of carbonyl (C=O) groups excluding carboxylic acids is 1. The average Bonchev–Trinajstić information content (AvgIpc) is 2.74. The molecule has 1 N–H and O–H groups in total. The van der Waals surface area contributed by atoms with Crippen LogP contribution in [0, 0.1) is 0 Å². The third-order valence-corrected chi connectivity index (χ3v) is 4.99. The average molecular weight is 251 g/mol. The van der Waals surface area contributed by atoms with Crippen LogP contribution < -0.4 is 5.32 Å². The molecule has 1 aromatic rings. The standard InChI is InChI=1S/C13H17NO2S/c1-9-6-10-7-11(8-15)17-12(10)13(16-9)2-4-14-5-3-13/h7-9,14H,2-6H2,1H3. The highest BCUT2D eigenvalue weighted by molar-refractivity contribution is 7.14. The second-order valence-corrected chi connectivity index (χ2v) is 6.08. The predicted molar refractivity (Wildman–Crippen MR) is 67.7 cm³/mol. The van der Waals surface area contributed by atoms with Crippen LogP contribution >= 0.6 is 11.3 Å². The van der Waals surface area contributed by atoms with Crippen molar-refractivity contribution in [3.05, 3.63) is 21.4 Å². The zero-order chi connectivity index (χ0) is 11.9. The summed E-state index contributed by atoms with van der Waals surface area (Å²) >= 11 is 1.62. The van der Waals surface area contributed by atoms with Gasteiger partial charge in [-0.3, -0.25) is 4.79 Å². The molecule has 1 saturated heterocycles. The van der Waals surface area contributed by atoms with Gasteiger partial charge in [-0.15, -0.1) is 11.3 Å². The molecule has 3 rings (SSSR count). The van der Waals surface area contributed by atoms with Gasteiger partial charge in [0.1, 0.15) is 5.60 Å². The van der Waals surface area contributed by atoms with Crippen LogP contribution in [0.3, 0.4) is 0 Å². The lowest BCUT2D eigenvalue weighted by Gasteiger charge is -2.43. The summed E-state index contributed by atoms with van der Waals surface area (Å²) in [6.45, 7) is 4.13. The normalized spacial score (nSPS) is 26.8. The zero-order valence-electron chi connectivity index (χ0n) is 9.99. The van der Waals surface area contributed by atoms with Crippen LogP contribution in [-0.2, 0) is 16.8 Å². The summed E-state index contributed by atoms with van der Waals surface area (Å²) in [5, 5.41) is 3.38. The third-order valence-electron chi connectivity index (χ3n) is 3.70. The summed E-state index contributed by atoms with van der Waals surface area (Å²) in [7, 11) is 0. The van der Waals surface area contributed by atoms with Crippen molar-refractivity contribution in [2.24, 2.45) is 0 Å². The number of nitrogens with one attached hydrogen (secondary N) is 1. The van der Waals surface area contributed by atoms with Gasteiger partial charge in [0.05, 0.1) is 11.0 Å². The monoisotopic (exact) mass is 251 g/mol. The highest BCUT2D eigenvalue weighted by Gasteiger charge is 2.42. The molecule has 0 saturated carbocycles. The third kappa shape index (κ3) is 1.84. The number of hydrogen-bond acceptors (Lipinski definition) is 4. The summed E-state index contributed by atoms with van der Waals surface area (Å²) in [5.41, 5.74) is 1.21. The van der Waals surface area contributed by atoms with Crippen molar-refractivity contribution in [3.8, 4) is 0 Å². The number of ether oxygens (including phenoxy) is 1. The number of rotatable bonds is 1. The Bertz CT molecular complexity index is 435. The fourth-order valence-electron chi connectivity index (χ4n) is 3.01. The van der Waals surface area contributed by atoms with Gasteiger partial charge in [0.25, 0.3) is 0 Å². The maximum absolute atomic E-state index is 10.9. The Hall–Kier alpha value is -0.710. The van der Waals surface area contributed by atoms with Crippen molar-refractivity contribution in [2.45, 2.75) is 37.9 Å². The molecule has 3 heterocycles. The number of fused-ring (bicyclic) bond motifs is 2. The first-order valence-electron chi connectivity index (χ1n) is 6.20. The molecule has 4 heteroatoms. The van der Waals surface area contributed by atoms with Crippen molar-refractivity contribution < 1.29 is 9.53 Å². The second-order valence-electron chi connectivity index (χ2n) is 5.00. The van der Waals surface area contributed by atoms with E-state index in [1.807, 2.05) is 0 Å². The largest absolute Gasteiger partial charge is 0.366 e. The van der Waals surface area contributed by atoms with E-state index in [9.17, 15) is 4.79 Å². The number of hydrogen-bond donors (Lipinski definition) is 1. The molecule has 1 aromatic heterocycles. The van der Waals surface area contributed by atoms with Gasteiger partial charge in [-0.1, -0.05) is 0 Å². The van der Waals surface area contributed by atoms with Crippen LogP contribution in [0.1, 0.15) is 39.9 Å². The fraction of sp³-hybridized carbons (Fsp3) is 0.615. The molecule has 0 amide bonds. The Kier molecular flexibility index (Phi) is 2.81. The lowest BCUT2D eigenvalue weighted by Crippen LogP contribution is -2.46. The zero-order valence-corrected chi connectivity index (χ0v) is 10.8. The molecule has 0 radical (unpaired) electrons. The summed E-state index contributed by atoms with van der Waals surface area (Å²) in [5.74, 6) is 0. The molecule has 92 valence electrons. The van der Waals surface area contributed by atoms with Crippen LogP contribution in [0.15, 0.2) is 6.07 Å². The van der Waals surface area contributed by atoms with Gasteiger partial charge in [-0.05, 0) is 50.9 Å². The molecule has 17 heavy (non-hydrogen) atoms. The molecule has 2 aliphatic rings. The highest BCUT2D eigenvalue weighted by Crippen LogP contribution is 2.45. The minimum atomic E-state index is -0.121. The number of carbonyl (C=O) groups is 1. The lowest BCUT2D eigenvalue weighted by atomic mass is 9.84. The molecule has 0 aliphatic carbocycles. The van der Waals surface area contributed by atoms with Crippen LogP contribution in [0.2, 0.25) is 0 Å². The first-order valence-corrected chi connectivity index (χ1v) is 7.02. The van der Waals surface area contributed by atoms with E-state index < -0.39 is 0 Å². The minimum Gasteiger partial charge on any atom is -0.366 e. The molecule has 1 atom stereocenters. The second kappa shape index (κ2) is 4.19. The van der Waals surface area contributed by atoms with E-state index in [2.05, 4.69) is 18.3 Å². The van der Waals surface area contributed by atoms with E-state index >= 15 is 0 Å². The summed E-state index contributed by atoms with van der Waals surface area (Å²) in [4.78, 5) is 13.1. The molecular formula is C13H17NO2S. The first kappa shape index (κ1) is 11.4. The highest BCUT2D eigenvalue weighted by atomic mass is 32.1. The van der Waals surface area contributed by atoms with Crippen LogP contribution in [-0.4, -0.2) is 25.5 Å². The maximum Gasteiger partial charge on any atom is 0.160 e. The van der Waals surface area contributed by atoms with Crippen LogP contribution in [0.25, 0.3) is 0 Å². The Morgan fingerprint density at radius 2 is 2.29 bits per heavy atom. The fourth-order valence-corrected chi connectivity index (χ4v) is 4.21. The van der Waals surface area contributed by atoms with E-state index in [-0.39, 0.29) is 11.7 Å². The van der Waals surface area contributed by atoms with Gasteiger partial charge in [0, 0.05) is 4.88 Å². The molecule has 0 bridgehead atoms. The Balaban J connectivity index is 2.05. The molecule has 2 aliphatic heterocycles. The van der Waals surface area contributed by atoms with Crippen molar-refractivity contribution in [1.29, 1.82) is 0 Å². The van der Waals surface area contributed by atoms with Crippen molar-refractivity contribution in [3.63, 3.8) is 0 Å². The quantitative estimate of drug-likeness (QED) is 0.777. The van der Waals surface area contributed by atoms with Crippen molar-refractivity contribution in [1.82, 2.24) is 5.32 Å². The van der Waals surface area contributed by atoms with Crippen molar-refractivity contribution >= 4 is 17.6 Å². The van der Waals surface area contributed by atoms with Crippen LogP contribution in [0.4, 0.5) is 0 Å². The first-order chi connectivity index (χ1) is 8.23. The predicted octanol–water partition coefficient (Wildman–Crippen LogP) is 2.10. The van der Waals surface area contributed by atoms with E-state index in [4.69, 9.17) is 4.74 Å². The number of piperidine rings is 1. The number of thiophene rings is 1. The Labute approximate surface area is 105 Å². The van der Waals surface area contributed by atoms with Crippen molar-refractivity contribution in [2.75, 3.05) is 13.1 Å². The minimum absolute atomic E-state index is 0.121. The maximum atomic E-state index is 10.9. The smallest absolute Gasteiger partial charge is 0.160 e. The van der Waals surface area contributed by atoms with Gasteiger partial charge >= 0.3 is 0 Å². The van der Waals surface area contributed by atoms with Gasteiger partial charge in [0.15, 0.2) is 6.29 Å². The lowest BCUT2D eigenvalue weighted by molar-refractivity contribution is -0.117. The summed E-state index contributed by atoms with van der Waals surface area (Å²) < 4.78 is 6.25. The van der Waals surface area contributed by atoms with Gasteiger partial charge < -0.3 is 10.1 Å². The molecule has 3 nitrogen and oxygen atoms in total. The number of aldehydes is 1. The molecule has 1 spiro atoms.